The molecule has 0 aliphatic heterocycles. The maximum Gasteiger partial charge on any atom is 0.503 e. The van der Waals surface area contributed by atoms with E-state index in [2.05, 4.69) is 17.2 Å². The summed E-state index contributed by atoms with van der Waals surface area (Å²) in [6.45, 7) is 4.68. The maximum absolute atomic E-state index is 12.5. The summed E-state index contributed by atoms with van der Waals surface area (Å²) in [7, 11) is 0. The third-order valence-corrected chi connectivity index (χ3v) is 3.78. The molecule has 0 spiro atoms. The molecular formula is C22H28N2O6. The lowest BCUT2D eigenvalue weighted by Crippen LogP contribution is -2.24. The number of nitrogens with zero attached hydrogens (tertiary/aromatic N) is 2. The fraction of sp³-hybridized carbons (Fsp3) is 0.364. The number of para-hydroxylation sites is 1. The predicted octanol–water partition coefficient (Wildman–Crippen LogP) is 5.95. The van der Waals surface area contributed by atoms with Gasteiger partial charge in [0.2, 0.25) is 0 Å². The van der Waals surface area contributed by atoms with Crippen molar-refractivity contribution in [1.29, 1.82) is 0 Å². The first-order valence-corrected chi connectivity index (χ1v) is 9.78. The molecule has 1 unspecified atom stereocenters. The minimum atomic E-state index is -1.83. The van der Waals surface area contributed by atoms with Gasteiger partial charge in [-0.25, -0.2) is 9.59 Å². The Hall–Kier alpha value is -3.42. The van der Waals surface area contributed by atoms with Crippen LogP contribution in [-0.4, -0.2) is 35.0 Å². The van der Waals surface area contributed by atoms with Crippen molar-refractivity contribution in [2.24, 2.45) is 10.2 Å². The van der Waals surface area contributed by atoms with Gasteiger partial charge in [0.25, 0.3) is 0 Å². The van der Waals surface area contributed by atoms with E-state index in [4.69, 9.17) is 24.5 Å². The highest BCUT2D eigenvalue weighted by molar-refractivity contribution is 5.78. The summed E-state index contributed by atoms with van der Waals surface area (Å²) in [4.78, 5) is 21.0. The van der Waals surface area contributed by atoms with Gasteiger partial charge in [0.15, 0.2) is 6.04 Å². The second-order valence-electron chi connectivity index (χ2n) is 6.17. The third kappa shape index (κ3) is 10.8. The summed E-state index contributed by atoms with van der Waals surface area (Å²) in [6.07, 6.45) is 1.83. The quantitative estimate of drug-likeness (QED) is 0.214. The fourth-order valence-electron chi connectivity index (χ4n) is 2.40. The molecule has 2 aromatic rings. The number of carbonyl (C=O) groups is 2. The lowest BCUT2D eigenvalue weighted by Gasteiger charge is -2.11. The summed E-state index contributed by atoms with van der Waals surface area (Å²) in [5, 5.41) is 22.4. The van der Waals surface area contributed by atoms with Crippen LogP contribution in [0.5, 0.6) is 11.5 Å². The third-order valence-electron chi connectivity index (χ3n) is 3.78. The van der Waals surface area contributed by atoms with Crippen molar-refractivity contribution in [2.45, 2.75) is 45.6 Å². The van der Waals surface area contributed by atoms with Crippen molar-refractivity contribution in [1.82, 2.24) is 0 Å². The SMILES string of the molecule is CCCCCC(N=Nc1ccc(OCC)cc1)C(=O)Oc1ccccc1.O=C(O)O. The van der Waals surface area contributed by atoms with Crippen LogP contribution in [-0.2, 0) is 4.79 Å². The Morgan fingerprint density at radius 1 is 0.933 bits per heavy atom. The average molecular weight is 416 g/mol. The van der Waals surface area contributed by atoms with E-state index in [9.17, 15) is 4.79 Å². The fourth-order valence-corrected chi connectivity index (χ4v) is 2.40. The molecule has 1 atom stereocenters. The first-order valence-electron chi connectivity index (χ1n) is 9.78. The highest BCUT2D eigenvalue weighted by atomic mass is 16.6. The van der Waals surface area contributed by atoms with Crippen molar-refractivity contribution in [2.75, 3.05) is 6.61 Å². The highest BCUT2D eigenvalue weighted by Crippen LogP contribution is 2.20. The molecule has 0 fully saturated rings. The number of hydrogen-bond acceptors (Lipinski definition) is 6. The van der Waals surface area contributed by atoms with Crippen LogP contribution in [0, 0.1) is 0 Å². The van der Waals surface area contributed by atoms with Gasteiger partial charge in [0, 0.05) is 0 Å². The smallest absolute Gasteiger partial charge is 0.494 e. The Kier molecular flexibility index (Phi) is 11.9. The largest absolute Gasteiger partial charge is 0.503 e. The van der Waals surface area contributed by atoms with Gasteiger partial charge >= 0.3 is 12.1 Å². The number of unbranched alkanes of at least 4 members (excludes halogenated alkanes) is 2. The van der Waals surface area contributed by atoms with Crippen LogP contribution in [0.25, 0.3) is 0 Å². The number of azo groups is 1. The molecule has 0 radical (unpaired) electrons. The Bertz CT molecular complexity index is 774. The molecular weight excluding hydrogens is 388 g/mol. The molecule has 30 heavy (non-hydrogen) atoms. The van der Waals surface area contributed by atoms with E-state index in [0.29, 0.717) is 24.5 Å². The molecule has 2 aromatic carbocycles. The molecule has 0 bridgehead atoms. The second kappa shape index (κ2) is 14.6. The van der Waals surface area contributed by atoms with Gasteiger partial charge in [-0.15, -0.1) is 0 Å². The minimum Gasteiger partial charge on any atom is -0.494 e. The molecule has 2 N–H and O–H groups in total. The molecule has 0 amide bonds. The first kappa shape index (κ1) is 24.6. The molecule has 0 aromatic heterocycles. The summed E-state index contributed by atoms with van der Waals surface area (Å²) >= 11 is 0. The first-order chi connectivity index (χ1) is 14.5. The molecule has 8 heteroatoms. The Morgan fingerprint density at radius 2 is 1.57 bits per heavy atom. The maximum atomic E-state index is 12.5. The number of benzene rings is 2. The van der Waals surface area contributed by atoms with Crippen LogP contribution in [0.4, 0.5) is 10.5 Å². The summed E-state index contributed by atoms with van der Waals surface area (Å²) in [5.74, 6) is 0.936. The van der Waals surface area contributed by atoms with E-state index in [1.807, 2.05) is 49.4 Å². The van der Waals surface area contributed by atoms with Crippen molar-refractivity contribution in [3.63, 3.8) is 0 Å². The van der Waals surface area contributed by atoms with Crippen LogP contribution in [0.15, 0.2) is 64.8 Å². The van der Waals surface area contributed by atoms with E-state index in [1.165, 1.54) is 0 Å². The molecule has 0 aliphatic rings. The Morgan fingerprint density at radius 3 is 2.13 bits per heavy atom. The number of ether oxygens (including phenoxy) is 2. The number of esters is 1. The molecule has 0 aliphatic carbocycles. The van der Waals surface area contributed by atoms with Crippen LogP contribution in [0.3, 0.4) is 0 Å². The Balaban J connectivity index is 0.00000103. The normalized spacial score (nSPS) is 11.3. The number of rotatable bonds is 10. The van der Waals surface area contributed by atoms with Gasteiger partial charge in [-0.05, 0) is 49.7 Å². The monoisotopic (exact) mass is 416 g/mol. The van der Waals surface area contributed by atoms with Crippen molar-refractivity contribution < 1.29 is 29.3 Å². The molecule has 162 valence electrons. The summed E-state index contributed by atoms with van der Waals surface area (Å²) in [5.41, 5.74) is 0.682. The van der Waals surface area contributed by atoms with Gasteiger partial charge in [-0.1, -0.05) is 44.4 Å². The molecule has 0 saturated carbocycles. The standard InChI is InChI=1S/C21H26N2O3.CH2O3/c1-3-5-7-12-20(21(24)26-19-10-8-6-9-11-19)23-22-17-13-15-18(16-14-17)25-4-2;2-1(3)4/h6,8-11,13-16,20H,3-5,7,12H2,1-2H3;(H2,2,3,4). The van der Waals surface area contributed by atoms with Crippen LogP contribution < -0.4 is 9.47 Å². The van der Waals surface area contributed by atoms with Crippen LogP contribution >= 0.6 is 0 Å². The number of carboxylic acid groups (broad SMARTS) is 2. The van der Waals surface area contributed by atoms with Gasteiger partial charge < -0.3 is 19.7 Å². The summed E-state index contributed by atoms with van der Waals surface area (Å²) in [6, 6.07) is 15.8. The van der Waals surface area contributed by atoms with Crippen LogP contribution in [0.2, 0.25) is 0 Å². The van der Waals surface area contributed by atoms with Crippen molar-refractivity contribution >= 4 is 17.8 Å². The second-order valence-corrected chi connectivity index (χ2v) is 6.17. The van der Waals surface area contributed by atoms with Gasteiger partial charge in [-0.3, -0.25) is 0 Å². The average Bonchev–Trinajstić information content (AvgIpc) is 2.72. The van der Waals surface area contributed by atoms with E-state index in [1.54, 1.807) is 12.1 Å². The topological polar surface area (TPSA) is 118 Å². The number of hydrogen-bond donors (Lipinski definition) is 2. The zero-order valence-electron chi connectivity index (χ0n) is 17.2. The van der Waals surface area contributed by atoms with E-state index < -0.39 is 12.2 Å². The molecule has 8 nitrogen and oxygen atoms in total. The zero-order chi connectivity index (χ0) is 22.2. The molecule has 0 heterocycles. The van der Waals surface area contributed by atoms with E-state index in [0.717, 1.165) is 25.0 Å². The molecule has 0 saturated heterocycles. The molecule has 2 rings (SSSR count). The van der Waals surface area contributed by atoms with Crippen molar-refractivity contribution in [3.05, 3.63) is 54.6 Å². The minimum absolute atomic E-state index is 0.373. The van der Waals surface area contributed by atoms with Gasteiger partial charge in [-0.2, -0.15) is 10.2 Å². The zero-order valence-corrected chi connectivity index (χ0v) is 17.2. The van der Waals surface area contributed by atoms with Gasteiger partial charge in [0.1, 0.15) is 11.5 Å². The van der Waals surface area contributed by atoms with E-state index in [-0.39, 0.29) is 5.97 Å². The van der Waals surface area contributed by atoms with Crippen LogP contribution in [0.1, 0.15) is 39.5 Å². The highest BCUT2D eigenvalue weighted by Gasteiger charge is 2.20. The Labute approximate surface area is 176 Å². The lowest BCUT2D eigenvalue weighted by atomic mass is 10.1. The number of carbonyl (C=O) groups excluding carboxylic acids is 1. The summed E-state index contributed by atoms with van der Waals surface area (Å²) < 4.78 is 10.8. The van der Waals surface area contributed by atoms with Crippen molar-refractivity contribution in [3.8, 4) is 11.5 Å². The predicted molar refractivity (Wildman–Crippen MR) is 113 cm³/mol. The lowest BCUT2D eigenvalue weighted by molar-refractivity contribution is -0.136. The van der Waals surface area contributed by atoms with E-state index >= 15 is 0 Å². The van der Waals surface area contributed by atoms with Gasteiger partial charge in [0.05, 0.1) is 12.3 Å².